The van der Waals surface area contributed by atoms with Gasteiger partial charge in [-0.2, -0.15) is 0 Å². The van der Waals surface area contributed by atoms with Gasteiger partial charge in [-0.05, 0) is 32.9 Å². The summed E-state index contributed by atoms with van der Waals surface area (Å²) in [6.45, 7) is 6.94. The molecule has 0 N–H and O–H groups in total. The van der Waals surface area contributed by atoms with Gasteiger partial charge in [0.25, 0.3) is 0 Å². The van der Waals surface area contributed by atoms with Crippen molar-refractivity contribution in [2.75, 3.05) is 20.2 Å². The third kappa shape index (κ3) is 5.04. The molecule has 0 bridgehead atoms. The summed E-state index contributed by atoms with van der Waals surface area (Å²) >= 11 is 0. The Balaban J connectivity index is 2.35. The number of aryl methyl sites for hydroxylation is 1. The van der Waals surface area contributed by atoms with Crippen LogP contribution < -0.4 is 4.74 Å². The van der Waals surface area contributed by atoms with Crippen LogP contribution in [0.1, 0.15) is 19.4 Å². The summed E-state index contributed by atoms with van der Waals surface area (Å²) in [5.41, 5.74) is 2.21. The smallest absolute Gasteiger partial charge is 0.246 e. The van der Waals surface area contributed by atoms with Gasteiger partial charge in [-0.3, -0.25) is 4.79 Å². The summed E-state index contributed by atoms with van der Waals surface area (Å²) in [5.74, 6) is 0.853. The molecule has 0 unspecified atom stereocenters. The molecule has 18 heavy (non-hydrogen) atoms. The molecule has 1 rings (SSSR count). The summed E-state index contributed by atoms with van der Waals surface area (Å²) in [4.78, 5) is 13.3. The van der Waals surface area contributed by atoms with E-state index in [2.05, 4.69) is 0 Å². The average Bonchev–Trinajstić information content (AvgIpc) is 2.30. The fourth-order valence-electron chi connectivity index (χ4n) is 1.40. The zero-order valence-electron chi connectivity index (χ0n) is 11.6. The van der Waals surface area contributed by atoms with Gasteiger partial charge >= 0.3 is 0 Å². The highest BCUT2D eigenvalue weighted by Gasteiger charge is 2.05. The van der Waals surface area contributed by atoms with E-state index in [1.807, 2.05) is 45.0 Å². The second-order valence-electron chi connectivity index (χ2n) is 4.64. The Hall–Kier alpha value is -1.77. The van der Waals surface area contributed by atoms with Crippen LogP contribution >= 0.6 is 0 Å². The molecule has 0 radical (unpaired) electrons. The fraction of sp³-hybridized carbons (Fsp3) is 0.400. The number of benzene rings is 1. The van der Waals surface area contributed by atoms with Gasteiger partial charge in [0, 0.05) is 13.1 Å². The van der Waals surface area contributed by atoms with Crippen LogP contribution in [-0.2, 0) is 4.79 Å². The van der Waals surface area contributed by atoms with Crippen molar-refractivity contribution in [3.8, 4) is 5.75 Å². The predicted octanol–water partition coefficient (Wildman–Crippen LogP) is 2.80. The van der Waals surface area contributed by atoms with Crippen LogP contribution in [0.5, 0.6) is 5.75 Å². The Kier molecular flexibility index (Phi) is 5.43. The Morgan fingerprint density at radius 1 is 1.28 bits per heavy atom. The first-order valence-corrected chi connectivity index (χ1v) is 6.08. The van der Waals surface area contributed by atoms with Crippen LogP contribution in [0.4, 0.5) is 0 Å². The molecular weight excluding hydrogens is 226 g/mol. The van der Waals surface area contributed by atoms with Crippen LogP contribution in [0.3, 0.4) is 0 Å². The number of hydrogen-bond acceptors (Lipinski definition) is 2. The second kappa shape index (κ2) is 6.84. The second-order valence-corrected chi connectivity index (χ2v) is 4.64. The summed E-state index contributed by atoms with van der Waals surface area (Å²) in [6.07, 6.45) is 1.63. The standard InChI is InChI=1S/C15H21NO2/c1-12(2)11-15(17)16(4)9-10-18-14-7-5-13(3)6-8-14/h5-8,11H,9-10H2,1-4H3. The van der Waals surface area contributed by atoms with E-state index in [0.717, 1.165) is 11.3 Å². The van der Waals surface area contributed by atoms with E-state index in [4.69, 9.17) is 4.74 Å². The van der Waals surface area contributed by atoms with Gasteiger partial charge in [-0.25, -0.2) is 0 Å². The van der Waals surface area contributed by atoms with Crippen LogP contribution in [0.25, 0.3) is 0 Å². The van der Waals surface area contributed by atoms with Crippen molar-refractivity contribution in [3.05, 3.63) is 41.5 Å². The summed E-state index contributed by atoms with van der Waals surface area (Å²) in [6, 6.07) is 7.89. The Morgan fingerprint density at radius 2 is 1.89 bits per heavy atom. The van der Waals surface area contributed by atoms with Crippen molar-refractivity contribution in [2.24, 2.45) is 0 Å². The lowest BCUT2D eigenvalue weighted by Crippen LogP contribution is -2.29. The molecule has 0 fully saturated rings. The zero-order chi connectivity index (χ0) is 13.5. The molecule has 1 aromatic carbocycles. The molecule has 3 heteroatoms. The number of hydrogen-bond donors (Lipinski definition) is 0. The minimum absolute atomic E-state index is 0.0162. The molecular formula is C15H21NO2. The highest BCUT2D eigenvalue weighted by molar-refractivity contribution is 5.87. The predicted molar refractivity (Wildman–Crippen MR) is 73.7 cm³/mol. The normalized spacial score (nSPS) is 9.78. The van der Waals surface area contributed by atoms with E-state index in [1.165, 1.54) is 5.56 Å². The van der Waals surface area contributed by atoms with Gasteiger partial charge in [0.15, 0.2) is 0 Å². The zero-order valence-corrected chi connectivity index (χ0v) is 11.6. The fourth-order valence-corrected chi connectivity index (χ4v) is 1.40. The minimum Gasteiger partial charge on any atom is -0.492 e. The Morgan fingerprint density at radius 3 is 2.44 bits per heavy atom. The first-order valence-electron chi connectivity index (χ1n) is 6.08. The highest BCUT2D eigenvalue weighted by Crippen LogP contribution is 2.11. The third-order valence-electron chi connectivity index (χ3n) is 2.50. The van der Waals surface area contributed by atoms with E-state index in [9.17, 15) is 4.79 Å². The average molecular weight is 247 g/mol. The number of carbonyl (C=O) groups excluding carboxylic acids is 1. The monoisotopic (exact) mass is 247 g/mol. The van der Waals surface area contributed by atoms with Gasteiger partial charge in [-0.1, -0.05) is 23.3 Å². The molecule has 0 heterocycles. The van der Waals surface area contributed by atoms with E-state index in [1.54, 1.807) is 18.0 Å². The number of allylic oxidation sites excluding steroid dienone is 1. The minimum atomic E-state index is 0.0162. The van der Waals surface area contributed by atoms with Crippen LogP contribution in [-0.4, -0.2) is 31.0 Å². The molecule has 0 spiro atoms. The SMILES string of the molecule is CC(C)=CC(=O)N(C)CCOc1ccc(C)cc1. The molecule has 0 saturated carbocycles. The van der Waals surface area contributed by atoms with Gasteiger partial charge in [0.2, 0.25) is 5.91 Å². The maximum absolute atomic E-state index is 11.6. The largest absolute Gasteiger partial charge is 0.492 e. The van der Waals surface area contributed by atoms with Crippen molar-refractivity contribution in [3.63, 3.8) is 0 Å². The number of carbonyl (C=O) groups is 1. The van der Waals surface area contributed by atoms with E-state index >= 15 is 0 Å². The number of rotatable bonds is 5. The van der Waals surface area contributed by atoms with Gasteiger partial charge < -0.3 is 9.64 Å². The molecule has 3 nitrogen and oxygen atoms in total. The lowest BCUT2D eigenvalue weighted by Gasteiger charge is -2.16. The summed E-state index contributed by atoms with van der Waals surface area (Å²) < 4.78 is 5.57. The van der Waals surface area contributed by atoms with E-state index in [0.29, 0.717) is 13.2 Å². The first-order chi connectivity index (χ1) is 8.49. The van der Waals surface area contributed by atoms with Crippen molar-refractivity contribution in [2.45, 2.75) is 20.8 Å². The molecule has 1 amide bonds. The van der Waals surface area contributed by atoms with Gasteiger partial charge in [0.1, 0.15) is 12.4 Å². The molecule has 0 aliphatic carbocycles. The quantitative estimate of drug-likeness (QED) is 0.749. The molecule has 0 aliphatic heterocycles. The lowest BCUT2D eigenvalue weighted by molar-refractivity contribution is -0.125. The highest BCUT2D eigenvalue weighted by atomic mass is 16.5. The maximum atomic E-state index is 11.6. The van der Waals surface area contributed by atoms with Crippen molar-refractivity contribution >= 4 is 5.91 Å². The van der Waals surface area contributed by atoms with Crippen LogP contribution in [0, 0.1) is 6.92 Å². The summed E-state index contributed by atoms with van der Waals surface area (Å²) in [5, 5.41) is 0. The van der Waals surface area contributed by atoms with E-state index < -0.39 is 0 Å². The van der Waals surface area contributed by atoms with Crippen molar-refractivity contribution < 1.29 is 9.53 Å². The molecule has 1 aromatic rings. The Bertz CT molecular complexity index is 417. The van der Waals surface area contributed by atoms with Crippen LogP contribution in [0.15, 0.2) is 35.9 Å². The molecule has 0 atom stereocenters. The number of ether oxygens (including phenoxy) is 1. The summed E-state index contributed by atoms with van der Waals surface area (Å²) in [7, 11) is 1.78. The molecule has 0 saturated heterocycles. The topological polar surface area (TPSA) is 29.5 Å². The molecule has 0 aliphatic rings. The molecule has 98 valence electrons. The van der Waals surface area contributed by atoms with Gasteiger partial charge in [-0.15, -0.1) is 0 Å². The molecule has 0 aromatic heterocycles. The Labute approximate surface area is 109 Å². The van der Waals surface area contributed by atoms with Crippen molar-refractivity contribution in [1.29, 1.82) is 0 Å². The van der Waals surface area contributed by atoms with Gasteiger partial charge in [0.05, 0.1) is 6.54 Å². The number of amides is 1. The third-order valence-corrected chi connectivity index (χ3v) is 2.50. The maximum Gasteiger partial charge on any atom is 0.246 e. The number of nitrogens with zero attached hydrogens (tertiary/aromatic N) is 1. The van der Waals surface area contributed by atoms with Crippen LogP contribution in [0.2, 0.25) is 0 Å². The van der Waals surface area contributed by atoms with Crippen molar-refractivity contribution in [1.82, 2.24) is 4.90 Å². The number of likely N-dealkylation sites (N-methyl/N-ethyl adjacent to an activating group) is 1. The first kappa shape index (κ1) is 14.3. The lowest BCUT2D eigenvalue weighted by atomic mass is 10.2. The van der Waals surface area contributed by atoms with E-state index in [-0.39, 0.29) is 5.91 Å².